The highest BCUT2D eigenvalue weighted by Crippen LogP contribution is 2.31. The largest absolute Gasteiger partial charge is 0.481 e. The van der Waals surface area contributed by atoms with Crippen molar-refractivity contribution in [2.45, 2.75) is 19.9 Å². The summed E-state index contributed by atoms with van der Waals surface area (Å²) in [4.78, 5) is 12.9. The quantitative estimate of drug-likeness (QED) is 0.900. The predicted octanol–water partition coefficient (Wildman–Crippen LogP) is 2.26. The van der Waals surface area contributed by atoms with E-state index in [1.54, 1.807) is 6.92 Å². The molecule has 1 N–H and O–H groups in total. The molecule has 5 heteroatoms. The lowest BCUT2D eigenvalue weighted by molar-refractivity contribution is -0.147. The number of benzene rings is 1. The van der Waals surface area contributed by atoms with Crippen LogP contribution in [0.15, 0.2) is 18.2 Å². The van der Waals surface area contributed by atoms with Crippen LogP contribution < -0.4 is 0 Å². The van der Waals surface area contributed by atoms with Gasteiger partial charge in [-0.1, -0.05) is 12.1 Å². The SMILES string of the molecule is CC1(C(=O)O)CCN(Cc2cccc(F)c2F)C1. The van der Waals surface area contributed by atoms with E-state index in [0.717, 1.165) is 6.07 Å². The van der Waals surface area contributed by atoms with Crippen molar-refractivity contribution in [3.05, 3.63) is 35.4 Å². The number of hydrogen-bond acceptors (Lipinski definition) is 2. The minimum atomic E-state index is -0.868. The number of carbonyl (C=O) groups is 1. The van der Waals surface area contributed by atoms with E-state index in [0.29, 0.717) is 19.5 Å². The molecule has 0 radical (unpaired) electrons. The van der Waals surface area contributed by atoms with Gasteiger partial charge in [0.15, 0.2) is 11.6 Å². The van der Waals surface area contributed by atoms with Crippen LogP contribution >= 0.6 is 0 Å². The van der Waals surface area contributed by atoms with E-state index in [-0.39, 0.29) is 12.1 Å². The average molecular weight is 255 g/mol. The van der Waals surface area contributed by atoms with Crippen LogP contribution in [0.3, 0.4) is 0 Å². The Morgan fingerprint density at radius 2 is 2.22 bits per heavy atom. The third-order valence-corrected chi connectivity index (χ3v) is 3.49. The number of likely N-dealkylation sites (tertiary alicyclic amines) is 1. The van der Waals surface area contributed by atoms with Gasteiger partial charge in [-0.3, -0.25) is 9.69 Å². The molecule has 0 amide bonds. The van der Waals surface area contributed by atoms with E-state index >= 15 is 0 Å². The molecule has 18 heavy (non-hydrogen) atoms. The van der Waals surface area contributed by atoms with Crippen LogP contribution in [0, 0.1) is 17.0 Å². The number of aliphatic carboxylic acids is 1. The fourth-order valence-corrected chi connectivity index (χ4v) is 2.28. The first-order chi connectivity index (χ1) is 8.42. The van der Waals surface area contributed by atoms with Gasteiger partial charge in [-0.2, -0.15) is 0 Å². The molecule has 0 saturated carbocycles. The molecule has 3 nitrogen and oxygen atoms in total. The van der Waals surface area contributed by atoms with E-state index in [1.807, 2.05) is 4.90 Å². The Kier molecular flexibility index (Phi) is 3.34. The molecule has 1 atom stereocenters. The summed E-state index contributed by atoms with van der Waals surface area (Å²) >= 11 is 0. The summed E-state index contributed by atoms with van der Waals surface area (Å²) in [5.41, 5.74) is -0.520. The van der Waals surface area contributed by atoms with Crippen LogP contribution in [0.25, 0.3) is 0 Å². The molecule has 1 aromatic rings. The number of rotatable bonds is 3. The predicted molar refractivity (Wildman–Crippen MR) is 62.0 cm³/mol. The standard InChI is InChI=1S/C13H15F2NO2/c1-13(12(17)18)5-6-16(8-13)7-9-3-2-4-10(14)11(9)15/h2-4H,5-8H2,1H3,(H,17,18). The summed E-state index contributed by atoms with van der Waals surface area (Å²) in [6.07, 6.45) is 0.527. The monoisotopic (exact) mass is 255 g/mol. The van der Waals surface area contributed by atoms with Crippen molar-refractivity contribution in [1.82, 2.24) is 4.90 Å². The molecule has 1 fully saturated rings. The Balaban J connectivity index is 2.08. The van der Waals surface area contributed by atoms with E-state index in [9.17, 15) is 13.6 Å². The van der Waals surface area contributed by atoms with Gasteiger partial charge in [-0.15, -0.1) is 0 Å². The Bertz CT molecular complexity index is 478. The molecule has 1 unspecified atom stereocenters. The Morgan fingerprint density at radius 3 is 2.83 bits per heavy atom. The van der Waals surface area contributed by atoms with Crippen LogP contribution in [0.4, 0.5) is 8.78 Å². The molecule has 98 valence electrons. The summed E-state index contributed by atoms with van der Waals surface area (Å²) in [6, 6.07) is 4.05. The third-order valence-electron chi connectivity index (χ3n) is 3.49. The fraction of sp³-hybridized carbons (Fsp3) is 0.462. The van der Waals surface area contributed by atoms with E-state index in [1.165, 1.54) is 12.1 Å². The van der Waals surface area contributed by atoms with Gasteiger partial charge in [-0.05, 0) is 26.0 Å². The van der Waals surface area contributed by atoms with Crippen molar-refractivity contribution in [2.24, 2.45) is 5.41 Å². The third kappa shape index (κ3) is 2.36. The smallest absolute Gasteiger partial charge is 0.310 e. The van der Waals surface area contributed by atoms with Crippen molar-refractivity contribution >= 4 is 5.97 Å². The Hall–Kier alpha value is -1.49. The first-order valence-corrected chi connectivity index (χ1v) is 5.81. The van der Waals surface area contributed by atoms with Crippen molar-refractivity contribution < 1.29 is 18.7 Å². The summed E-state index contributed by atoms with van der Waals surface area (Å²) in [6.45, 7) is 2.86. The van der Waals surface area contributed by atoms with Gasteiger partial charge in [0.25, 0.3) is 0 Å². The molecule has 1 saturated heterocycles. The van der Waals surface area contributed by atoms with Crippen molar-refractivity contribution in [1.29, 1.82) is 0 Å². The zero-order valence-corrected chi connectivity index (χ0v) is 10.1. The summed E-state index contributed by atoms with van der Waals surface area (Å²) < 4.78 is 26.5. The lowest BCUT2D eigenvalue weighted by Gasteiger charge is -2.20. The molecular formula is C13H15F2NO2. The van der Waals surface area contributed by atoms with Crippen LogP contribution in [-0.2, 0) is 11.3 Å². The summed E-state index contributed by atoms with van der Waals surface area (Å²) in [7, 11) is 0. The number of nitrogens with zero attached hydrogens (tertiary/aromatic N) is 1. The maximum absolute atomic E-state index is 13.5. The van der Waals surface area contributed by atoms with Crippen molar-refractivity contribution in [3.63, 3.8) is 0 Å². The van der Waals surface area contributed by atoms with Gasteiger partial charge in [-0.25, -0.2) is 8.78 Å². The molecule has 1 aliphatic rings. The van der Waals surface area contributed by atoms with Gasteiger partial charge in [0.05, 0.1) is 5.41 Å². The zero-order chi connectivity index (χ0) is 13.3. The van der Waals surface area contributed by atoms with E-state index in [4.69, 9.17) is 5.11 Å². The second-order valence-electron chi connectivity index (χ2n) is 5.04. The lowest BCUT2D eigenvalue weighted by Crippen LogP contribution is -2.31. The number of hydrogen-bond donors (Lipinski definition) is 1. The van der Waals surface area contributed by atoms with Gasteiger partial charge >= 0.3 is 5.97 Å². The average Bonchev–Trinajstić information content (AvgIpc) is 2.68. The number of halogens is 2. The van der Waals surface area contributed by atoms with Gasteiger partial charge in [0, 0.05) is 18.7 Å². The van der Waals surface area contributed by atoms with E-state index in [2.05, 4.69) is 0 Å². The van der Waals surface area contributed by atoms with Crippen LogP contribution in [0.1, 0.15) is 18.9 Å². The first-order valence-electron chi connectivity index (χ1n) is 5.81. The zero-order valence-electron chi connectivity index (χ0n) is 10.1. The Morgan fingerprint density at radius 1 is 1.50 bits per heavy atom. The maximum atomic E-state index is 13.5. The highest BCUT2D eigenvalue weighted by molar-refractivity contribution is 5.74. The Labute approximate surface area is 104 Å². The van der Waals surface area contributed by atoms with Crippen LogP contribution in [-0.4, -0.2) is 29.1 Å². The number of carboxylic acid groups (broad SMARTS) is 1. The van der Waals surface area contributed by atoms with Gasteiger partial charge < -0.3 is 5.11 Å². The lowest BCUT2D eigenvalue weighted by atomic mass is 9.90. The first kappa shape index (κ1) is 13.0. The maximum Gasteiger partial charge on any atom is 0.310 e. The van der Waals surface area contributed by atoms with Crippen molar-refractivity contribution in [2.75, 3.05) is 13.1 Å². The van der Waals surface area contributed by atoms with E-state index < -0.39 is 23.0 Å². The minimum Gasteiger partial charge on any atom is -0.481 e. The number of carboxylic acids is 1. The molecule has 0 spiro atoms. The highest BCUT2D eigenvalue weighted by atomic mass is 19.2. The minimum absolute atomic E-state index is 0.243. The van der Waals surface area contributed by atoms with Gasteiger partial charge in [0.2, 0.25) is 0 Å². The second kappa shape index (κ2) is 4.65. The topological polar surface area (TPSA) is 40.5 Å². The fourth-order valence-electron chi connectivity index (χ4n) is 2.28. The highest BCUT2D eigenvalue weighted by Gasteiger charge is 2.40. The molecule has 1 aromatic carbocycles. The molecule has 1 aliphatic heterocycles. The molecule has 0 aromatic heterocycles. The molecule has 2 rings (SSSR count). The molecule has 0 bridgehead atoms. The normalized spacial score (nSPS) is 24.4. The molecular weight excluding hydrogens is 240 g/mol. The summed E-state index contributed by atoms with van der Waals surface area (Å²) in [5, 5.41) is 9.09. The molecule has 0 aliphatic carbocycles. The van der Waals surface area contributed by atoms with Crippen LogP contribution in [0.2, 0.25) is 0 Å². The van der Waals surface area contributed by atoms with Crippen LogP contribution in [0.5, 0.6) is 0 Å². The molecule has 1 heterocycles. The van der Waals surface area contributed by atoms with Crippen molar-refractivity contribution in [3.8, 4) is 0 Å². The summed E-state index contributed by atoms with van der Waals surface area (Å²) in [5.74, 6) is -2.56. The van der Waals surface area contributed by atoms with Gasteiger partial charge in [0.1, 0.15) is 0 Å². The second-order valence-corrected chi connectivity index (χ2v) is 5.04.